The molecule has 2 N–H and O–H groups in total. The maximum atomic E-state index is 11.1. The molecule has 22 heavy (non-hydrogen) atoms. The van der Waals surface area contributed by atoms with E-state index in [1.807, 2.05) is 20.8 Å². The van der Waals surface area contributed by atoms with Crippen LogP contribution in [0.2, 0.25) is 0 Å². The van der Waals surface area contributed by atoms with Crippen molar-refractivity contribution in [3.63, 3.8) is 0 Å². The summed E-state index contributed by atoms with van der Waals surface area (Å²) in [6.07, 6.45) is 0.641. The minimum Gasteiger partial charge on any atom is -0.392 e. The number of hydrogen-bond donors (Lipinski definition) is 2. The normalized spacial score (nSPS) is 12.2. The highest BCUT2D eigenvalue weighted by Gasteiger charge is 2.18. The molecule has 7 heteroatoms. The van der Waals surface area contributed by atoms with Gasteiger partial charge in [0.1, 0.15) is 11.4 Å². The van der Waals surface area contributed by atoms with Gasteiger partial charge >= 0.3 is 0 Å². The molecule has 0 amide bonds. The molecule has 1 heterocycles. The zero-order chi connectivity index (χ0) is 16.3. The SMILES string of the molecule is Cc1noc(C)c1CC(C)Nc1cc(CO)ccc1[N+](=O)[O-]. The van der Waals surface area contributed by atoms with E-state index in [1.54, 1.807) is 12.1 Å². The molecule has 0 spiro atoms. The highest BCUT2D eigenvalue weighted by atomic mass is 16.6. The van der Waals surface area contributed by atoms with Gasteiger partial charge in [0.25, 0.3) is 5.69 Å². The van der Waals surface area contributed by atoms with E-state index in [0.717, 1.165) is 17.0 Å². The first-order valence-electron chi connectivity index (χ1n) is 6.98. The number of anilines is 1. The summed E-state index contributed by atoms with van der Waals surface area (Å²) < 4.78 is 5.13. The topological polar surface area (TPSA) is 101 Å². The fraction of sp³-hybridized carbons (Fsp3) is 0.400. The van der Waals surface area contributed by atoms with Crippen LogP contribution < -0.4 is 5.32 Å². The number of benzene rings is 1. The number of nitro groups is 1. The van der Waals surface area contributed by atoms with Gasteiger partial charge in [-0.25, -0.2) is 0 Å². The molecule has 0 aliphatic heterocycles. The van der Waals surface area contributed by atoms with Gasteiger partial charge in [-0.1, -0.05) is 5.16 Å². The fourth-order valence-corrected chi connectivity index (χ4v) is 2.37. The number of aryl methyl sites for hydroxylation is 2. The number of aliphatic hydroxyl groups is 1. The number of aliphatic hydroxyl groups excluding tert-OH is 1. The Balaban J connectivity index is 2.20. The van der Waals surface area contributed by atoms with E-state index < -0.39 is 4.92 Å². The van der Waals surface area contributed by atoms with Gasteiger partial charge < -0.3 is 14.9 Å². The van der Waals surface area contributed by atoms with E-state index in [0.29, 0.717) is 17.7 Å². The summed E-state index contributed by atoms with van der Waals surface area (Å²) >= 11 is 0. The Morgan fingerprint density at radius 2 is 2.18 bits per heavy atom. The summed E-state index contributed by atoms with van der Waals surface area (Å²) in [5.41, 5.74) is 2.84. The first kappa shape index (κ1) is 16.0. The van der Waals surface area contributed by atoms with Crippen LogP contribution in [0.25, 0.3) is 0 Å². The molecule has 2 rings (SSSR count). The van der Waals surface area contributed by atoms with Crippen LogP contribution in [0.4, 0.5) is 11.4 Å². The molecule has 0 radical (unpaired) electrons. The summed E-state index contributed by atoms with van der Waals surface area (Å²) in [6.45, 7) is 5.48. The summed E-state index contributed by atoms with van der Waals surface area (Å²) in [4.78, 5) is 10.7. The molecule has 118 valence electrons. The first-order chi connectivity index (χ1) is 10.4. The summed E-state index contributed by atoms with van der Waals surface area (Å²) in [5, 5.41) is 27.3. The Morgan fingerprint density at radius 1 is 1.45 bits per heavy atom. The van der Waals surface area contributed by atoms with Crippen molar-refractivity contribution in [3.8, 4) is 0 Å². The Labute approximate surface area is 128 Å². The van der Waals surface area contributed by atoms with Crippen molar-refractivity contribution in [1.29, 1.82) is 0 Å². The summed E-state index contributed by atoms with van der Waals surface area (Å²) in [7, 11) is 0. The van der Waals surface area contributed by atoms with Crippen molar-refractivity contribution in [2.75, 3.05) is 5.32 Å². The minimum atomic E-state index is -0.438. The van der Waals surface area contributed by atoms with Crippen LogP contribution >= 0.6 is 0 Å². The lowest BCUT2D eigenvalue weighted by Gasteiger charge is -2.16. The monoisotopic (exact) mass is 305 g/mol. The van der Waals surface area contributed by atoms with Crippen LogP contribution in [0.1, 0.15) is 29.5 Å². The number of nitrogens with zero attached hydrogens (tertiary/aromatic N) is 2. The van der Waals surface area contributed by atoms with Gasteiger partial charge in [0.2, 0.25) is 0 Å². The third-order valence-electron chi connectivity index (χ3n) is 3.53. The van der Waals surface area contributed by atoms with Crippen LogP contribution in [-0.2, 0) is 13.0 Å². The molecule has 0 aliphatic carbocycles. The molecule has 0 saturated carbocycles. The van der Waals surface area contributed by atoms with Gasteiger partial charge in [-0.05, 0) is 44.9 Å². The number of aromatic nitrogens is 1. The average molecular weight is 305 g/mol. The molecule has 0 aliphatic rings. The lowest BCUT2D eigenvalue weighted by Crippen LogP contribution is -2.19. The van der Waals surface area contributed by atoms with Crippen LogP contribution in [0.15, 0.2) is 22.7 Å². The molecule has 2 aromatic rings. The predicted molar refractivity (Wildman–Crippen MR) is 81.8 cm³/mol. The standard InChI is InChI=1S/C15H19N3O4/c1-9(6-13-10(2)17-22-11(13)3)16-14-7-12(8-19)4-5-15(14)18(20)21/h4-5,7,9,16,19H,6,8H2,1-3H3. The molecule has 1 unspecified atom stereocenters. The zero-order valence-corrected chi connectivity index (χ0v) is 12.8. The Bertz CT molecular complexity index is 662. The lowest BCUT2D eigenvalue weighted by molar-refractivity contribution is -0.384. The Kier molecular flexibility index (Phi) is 4.77. The van der Waals surface area contributed by atoms with Crippen molar-refractivity contribution in [1.82, 2.24) is 5.16 Å². The Hall–Kier alpha value is -2.41. The highest BCUT2D eigenvalue weighted by Crippen LogP contribution is 2.27. The van der Waals surface area contributed by atoms with Gasteiger partial charge in [0, 0.05) is 17.7 Å². The number of rotatable bonds is 6. The van der Waals surface area contributed by atoms with Gasteiger partial charge in [-0.3, -0.25) is 10.1 Å². The Morgan fingerprint density at radius 3 is 2.73 bits per heavy atom. The quantitative estimate of drug-likeness (QED) is 0.628. The van der Waals surface area contributed by atoms with E-state index >= 15 is 0 Å². The van der Waals surface area contributed by atoms with Crippen molar-refractivity contribution in [2.45, 2.75) is 39.8 Å². The zero-order valence-electron chi connectivity index (χ0n) is 12.8. The lowest BCUT2D eigenvalue weighted by atomic mass is 10.0. The van der Waals surface area contributed by atoms with E-state index in [2.05, 4.69) is 10.5 Å². The smallest absolute Gasteiger partial charge is 0.292 e. The maximum Gasteiger partial charge on any atom is 0.292 e. The van der Waals surface area contributed by atoms with Crippen LogP contribution in [-0.4, -0.2) is 21.2 Å². The molecule has 0 bridgehead atoms. The summed E-state index contributed by atoms with van der Waals surface area (Å²) in [5.74, 6) is 0.754. The molecular weight excluding hydrogens is 286 g/mol. The van der Waals surface area contributed by atoms with Crippen LogP contribution in [0.3, 0.4) is 0 Å². The number of hydrogen-bond acceptors (Lipinski definition) is 6. The fourth-order valence-electron chi connectivity index (χ4n) is 2.37. The van der Waals surface area contributed by atoms with Gasteiger partial charge in [-0.2, -0.15) is 0 Å². The van der Waals surface area contributed by atoms with Crippen molar-refractivity contribution >= 4 is 11.4 Å². The molecular formula is C15H19N3O4. The average Bonchev–Trinajstić information content (AvgIpc) is 2.78. The van der Waals surface area contributed by atoms with E-state index in [4.69, 9.17) is 4.52 Å². The van der Waals surface area contributed by atoms with Crippen molar-refractivity contribution in [3.05, 3.63) is 50.9 Å². The second-order valence-electron chi connectivity index (χ2n) is 5.32. The molecule has 1 aromatic carbocycles. The summed E-state index contributed by atoms with van der Waals surface area (Å²) in [6, 6.07) is 4.49. The third-order valence-corrected chi connectivity index (χ3v) is 3.53. The predicted octanol–water partition coefficient (Wildman–Crippen LogP) is 2.74. The highest BCUT2D eigenvalue weighted by molar-refractivity contribution is 5.63. The van der Waals surface area contributed by atoms with E-state index in [1.165, 1.54) is 6.07 Å². The van der Waals surface area contributed by atoms with Crippen molar-refractivity contribution in [2.24, 2.45) is 0 Å². The van der Waals surface area contributed by atoms with Crippen molar-refractivity contribution < 1.29 is 14.6 Å². The molecule has 1 aromatic heterocycles. The molecule has 1 atom stereocenters. The van der Waals surface area contributed by atoms with E-state index in [9.17, 15) is 15.2 Å². The molecule has 0 fully saturated rings. The van der Waals surface area contributed by atoms with Gasteiger partial charge in [0.05, 0.1) is 17.2 Å². The van der Waals surface area contributed by atoms with Crippen LogP contribution in [0.5, 0.6) is 0 Å². The third kappa shape index (κ3) is 3.43. The van der Waals surface area contributed by atoms with E-state index in [-0.39, 0.29) is 18.3 Å². The number of nitro benzene ring substituents is 1. The van der Waals surface area contributed by atoms with Crippen LogP contribution in [0, 0.1) is 24.0 Å². The van der Waals surface area contributed by atoms with Gasteiger partial charge in [0.15, 0.2) is 0 Å². The van der Waals surface area contributed by atoms with Gasteiger partial charge in [-0.15, -0.1) is 0 Å². The second kappa shape index (κ2) is 6.57. The first-order valence-corrected chi connectivity index (χ1v) is 6.98. The molecule has 0 saturated heterocycles. The minimum absolute atomic E-state index is 0.0113. The largest absolute Gasteiger partial charge is 0.392 e. The second-order valence-corrected chi connectivity index (χ2v) is 5.32. The number of nitrogens with one attached hydrogen (secondary N) is 1. The molecule has 7 nitrogen and oxygen atoms in total. The maximum absolute atomic E-state index is 11.1.